The molecule has 1 heterocycles. The van der Waals surface area contributed by atoms with Gasteiger partial charge in [-0.15, -0.1) is 0 Å². The summed E-state index contributed by atoms with van der Waals surface area (Å²) in [6.45, 7) is 2.91. The maximum Gasteiger partial charge on any atom is 0.255 e. The lowest BCUT2D eigenvalue weighted by molar-refractivity contribution is -0.136. The lowest BCUT2D eigenvalue weighted by Crippen LogP contribution is -2.55. The molecule has 14 heteroatoms. The molecule has 3 aliphatic rings. The molecule has 3 aliphatic carbocycles. The van der Waals surface area contributed by atoms with Crippen molar-refractivity contribution in [3.8, 4) is 0 Å². The number of carbonyl (C=O) groups excluding carboxylic acids is 3. The van der Waals surface area contributed by atoms with E-state index in [1.807, 2.05) is 25.1 Å². The number of aryl methyl sites for hydroxylation is 2. The first-order valence-corrected chi connectivity index (χ1v) is 15.2. The van der Waals surface area contributed by atoms with Gasteiger partial charge in [-0.1, -0.05) is 5.16 Å². The van der Waals surface area contributed by atoms with Gasteiger partial charge in [0.05, 0.1) is 12.0 Å². The van der Waals surface area contributed by atoms with Gasteiger partial charge in [0.25, 0.3) is 5.91 Å². The Hall–Kier alpha value is -4.01. The number of Topliss-reactive ketones (excluding diaryl/α,β-unsaturated/α-hetero) is 2. The number of primary amides is 1. The summed E-state index contributed by atoms with van der Waals surface area (Å²) >= 11 is 0. The highest BCUT2D eigenvalue weighted by Crippen LogP contribution is 2.50. The van der Waals surface area contributed by atoms with Gasteiger partial charge in [0.2, 0.25) is 10.0 Å². The molecule has 0 radical (unpaired) electrons. The number of rotatable bonds is 7. The molecule has 0 bridgehead atoms. The number of hydrogen-bond acceptors (Lipinski definition) is 11. The molecule has 13 nitrogen and oxygen atoms in total. The molecule has 1 aromatic carbocycles. The van der Waals surface area contributed by atoms with Crippen LogP contribution in [0.5, 0.6) is 0 Å². The predicted molar refractivity (Wildman–Crippen MR) is 155 cm³/mol. The molecule has 0 unspecified atom stereocenters. The smallest absolute Gasteiger partial charge is 0.255 e. The second kappa shape index (κ2) is 10.6. The van der Waals surface area contributed by atoms with E-state index >= 15 is 0 Å². The minimum absolute atomic E-state index is 0.0444. The van der Waals surface area contributed by atoms with Gasteiger partial charge in [0, 0.05) is 37.5 Å². The zero-order chi connectivity index (χ0) is 31.7. The molecule has 230 valence electrons. The predicted octanol–water partition coefficient (Wildman–Crippen LogP) is 1.29. The molecule has 0 aliphatic heterocycles. The van der Waals surface area contributed by atoms with Crippen LogP contribution in [0.3, 0.4) is 0 Å². The number of benzene rings is 1. The highest BCUT2D eigenvalue weighted by molar-refractivity contribution is 7.89. The van der Waals surface area contributed by atoms with Gasteiger partial charge in [0.1, 0.15) is 27.7 Å². The Morgan fingerprint density at radius 2 is 1.81 bits per heavy atom. The van der Waals surface area contributed by atoms with Gasteiger partial charge in [-0.3, -0.25) is 19.3 Å². The number of hydrogen-bond donors (Lipinski definition) is 4. The van der Waals surface area contributed by atoms with E-state index in [9.17, 15) is 33.0 Å². The van der Waals surface area contributed by atoms with Crippen LogP contribution in [-0.2, 0) is 37.4 Å². The Bertz CT molecular complexity index is 1720. The van der Waals surface area contributed by atoms with Crippen LogP contribution in [-0.4, -0.2) is 80.4 Å². The molecule has 5 rings (SSSR count). The topological polar surface area (TPSA) is 196 Å². The molecule has 43 heavy (non-hydrogen) atoms. The third-order valence-corrected chi connectivity index (χ3v) is 10.3. The average Bonchev–Trinajstić information content (AvgIpc) is 3.25. The number of nitrogens with zero attached hydrogens (tertiary/aromatic N) is 3. The molecule has 1 fully saturated rings. The largest absolute Gasteiger partial charge is 0.510 e. The van der Waals surface area contributed by atoms with Crippen molar-refractivity contribution in [3.05, 3.63) is 57.2 Å². The van der Waals surface area contributed by atoms with Crippen LogP contribution >= 0.6 is 0 Å². The summed E-state index contributed by atoms with van der Waals surface area (Å²) in [4.78, 5) is 43.0. The van der Waals surface area contributed by atoms with Crippen molar-refractivity contribution in [1.82, 2.24) is 14.8 Å². The van der Waals surface area contributed by atoms with Gasteiger partial charge >= 0.3 is 0 Å². The van der Waals surface area contributed by atoms with Gasteiger partial charge in [-0.25, -0.2) is 13.1 Å². The zero-order valence-corrected chi connectivity index (χ0v) is 25.6. The molecule has 1 saturated carbocycles. The first-order valence-electron chi connectivity index (χ1n) is 13.7. The van der Waals surface area contributed by atoms with Crippen LogP contribution in [0.15, 0.2) is 38.5 Å². The zero-order valence-electron chi connectivity index (χ0n) is 24.8. The van der Waals surface area contributed by atoms with Crippen molar-refractivity contribution in [2.24, 2.45) is 23.5 Å². The molecule has 1 amide bonds. The second-order valence-corrected chi connectivity index (χ2v) is 13.5. The number of likely N-dealkylation sites (N-methyl/N-ethyl adjacent to an activating group) is 1. The highest BCUT2D eigenvalue weighted by atomic mass is 32.2. The number of amides is 1. The molecule has 5 N–H and O–H groups in total. The number of carbonyl (C=O) groups is 3. The maximum absolute atomic E-state index is 14.0. The van der Waals surface area contributed by atoms with Crippen LogP contribution in [0.2, 0.25) is 0 Å². The number of aliphatic hydroxyl groups excluding tert-OH is 2. The van der Waals surface area contributed by atoms with E-state index < -0.39 is 62.6 Å². The summed E-state index contributed by atoms with van der Waals surface area (Å²) in [5, 5.41) is 26.2. The number of nitrogens with one attached hydrogen (secondary N) is 1. The lowest BCUT2D eigenvalue weighted by Gasteiger charge is -2.46. The number of sulfonamides is 1. The summed E-state index contributed by atoms with van der Waals surface area (Å²) in [6.07, 6.45) is 0.662. The monoisotopic (exact) mass is 613 g/mol. The Labute approximate surface area is 249 Å². The normalized spacial score (nSPS) is 23.8. The molecular weight excluding hydrogens is 578 g/mol. The fraction of sp³-hybridized carbons (Fsp3) is 0.448. The third kappa shape index (κ3) is 4.82. The molecular formula is C29H35N5O8S. The van der Waals surface area contributed by atoms with E-state index in [-0.39, 0.29) is 34.2 Å². The number of aromatic nitrogens is 1. The number of allylic oxidation sites excluding steroid dienone is 1. The van der Waals surface area contributed by atoms with E-state index in [1.54, 1.807) is 25.1 Å². The summed E-state index contributed by atoms with van der Waals surface area (Å²) in [5.74, 6) is -5.54. The van der Waals surface area contributed by atoms with Crippen molar-refractivity contribution < 1.29 is 37.5 Å². The number of anilines is 1. The third-order valence-electron chi connectivity index (χ3n) is 8.65. The van der Waals surface area contributed by atoms with Gasteiger partial charge in [-0.05, 0) is 75.9 Å². The summed E-state index contributed by atoms with van der Waals surface area (Å²) in [7, 11) is 3.03. The average molecular weight is 614 g/mol. The van der Waals surface area contributed by atoms with Gasteiger partial charge in [-0.2, -0.15) is 0 Å². The van der Waals surface area contributed by atoms with Gasteiger partial charge < -0.3 is 25.4 Å². The molecule has 0 saturated heterocycles. The standard InChI is InChI=1S/C29H35N5O8S/c1-12-28(13(2)42-32-12)43(40,41)31-11-14-7-17-16(19(8-14)33(3)4)9-15-10-18-21(25(36)20(15)24(17)35)26(37)22(29(30)39)27(38)23(18)34(5)6/h7-8,15,18,21,23,31,35,38H,9-11H2,1-6H3,(H2,30,39)/t15-,18+,21+,23-/m0/s1. The quantitative estimate of drug-likeness (QED) is 0.259. The van der Waals surface area contributed by atoms with Crippen LogP contribution in [0, 0.1) is 31.6 Å². The SMILES string of the molecule is Cc1noc(C)c1S(=O)(=O)NCc1cc2c(c(N(C)C)c1)C[C@H]1C[C@@H]3[C@@H](C(=O)C(C(N)=O)=C(O)[C@H]3N(C)C)C(=O)C1=C2O. The van der Waals surface area contributed by atoms with Gasteiger partial charge in [0.15, 0.2) is 17.3 Å². The minimum Gasteiger partial charge on any atom is -0.510 e. The summed E-state index contributed by atoms with van der Waals surface area (Å²) in [5.41, 5.74) is 7.53. The van der Waals surface area contributed by atoms with Crippen molar-refractivity contribution >= 4 is 38.9 Å². The first kappa shape index (κ1) is 30.4. The van der Waals surface area contributed by atoms with Crippen molar-refractivity contribution in [3.63, 3.8) is 0 Å². The molecule has 2 aromatic rings. The fourth-order valence-corrected chi connectivity index (χ4v) is 8.26. The molecule has 4 atom stereocenters. The van der Waals surface area contributed by atoms with E-state index in [0.717, 1.165) is 11.3 Å². The minimum atomic E-state index is -3.97. The Morgan fingerprint density at radius 1 is 1.14 bits per heavy atom. The fourth-order valence-electron chi connectivity index (χ4n) is 6.92. The summed E-state index contributed by atoms with van der Waals surface area (Å²) < 4.78 is 33.6. The van der Waals surface area contributed by atoms with E-state index in [1.165, 1.54) is 13.8 Å². The second-order valence-electron chi connectivity index (χ2n) is 11.8. The Balaban J connectivity index is 1.57. The van der Waals surface area contributed by atoms with Crippen LogP contribution in [0.1, 0.15) is 34.6 Å². The molecule has 0 spiro atoms. The number of aliphatic hydroxyl groups is 2. The highest BCUT2D eigenvalue weighted by Gasteiger charge is 2.55. The molecule has 1 aromatic heterocycles. The lowest BCUT2D eigenvalue weighted by atomic mass is 9.59. The van der Waals surface area contributed by atoms with Crippen molar-refractivity contribution in [2.45, 2.75) is 44.2 Å². The number of nitrogens with two attached hydrogens (primary N) is 1. The van der Waals surface area contributed by atoms with E-state index in [2.05, 4.69) is 9.88 Å². The number of fused-ring (bicyclic) bond motifs is 3. The maximum atomic E-state index is 14.0. The van der Waals surface area contributed by atoms with Crippen LogP contribution in [0.4, 0.5) is 5.69 Å². The van der Waals surface area contributed by atoms with Crippen molar-refractivity contribution in [2.75, 3.05) is 33.1 Å². The van der Waals surface area contributed by atoms with E-state index in [0.29, 0.717) is 24.0 Å². The summed E-state index contributed by atoms with van der Waals surface area (Å²) in [6, 6.07) is 2.66. The number of ketones is 2. The van der Waals surface area contributed by atoms with Crippen molar-refractivity contribution in [1.29, 1.82) is 0 Å². The Kier molecular flexibility index (Phi) is 7.51. The van der Waals surface area contributed by atoms with Crippen LogP contribution < -0.4 is 15.4 Å². The van der Waals surface area contributed by atoms with Crippen LogP contribution in [0.25, 0.3) is 5.76 Å². The Morgan fingerprint density at radius 3 is 2.37 bits per heavy atom. The first-order chi connectivity index (χ1) is 20.1. The van der Waals surface area contributed by atoms with E-state index in [4.69, 9.17) is 10.3 Å².